The molecule has 1 N–H and O–H groups in total. The normalized spacial score (nSPS) is 13.3. The number of aliphatic hydroxyl groups excluding tert-OH is 1. The average Bonchev–Trinajstić information content (AvgIpc) is 2.18. The van der Waals surface area contributed by atoms with E-state index in [1.54, 1.807) is 0 Å². The van der Waals surface area contributed by atoms with Gasteiger partial charge in [-0.25, -0.2) is 0 Å². The molecule has 0 heterocycles. The summed E-state index contributed by atoms with van der Waals surface area (Å²) in [4.78, 5) is 10.7. The molecule has 0 fully saturated rings. The molecule has 1 unspecified atom stereocenters. The number of hydrogen-bond donors (Lipinski definition) is 1. The third kappa shape index (κ3) is 2.80. The first-order chi connectivity index (χ1) is 6.94. The van der Waals surface area contributed by atoms with Gasteiger partial charge in [-0.3, -0.25) is 4.79 Å². The van der Waals surface area contributed by atoms with Crippen LogP contribution in [0.5, 0.6) is 0 Å². The van der Waals surface area contributed by atoms with Crippen LogP contribution in [-0.2, 0) is 14.9 Å². The summed E-state index contributed by atoms with van der Waals surface area (Å²) < 4.78 is 4.79. The van der Waals surface area contributed by atoms with E-state index in [0.29, 0.717) is 0 Å². The van der Waals surface area contributed by atoms with Gasteiger partial charge >= 0.3 is 5.97 Å². The summed E-state index contributed by atoms with van der Waals surface area (Å²) in [6.07, 6.45) is -1.13. The largest absolute Gasteiger partial charge is 0.435 e. The summed E-state index contributed by atoms with van der Waals surface area (Å²) >= 11 is 0. The van der Waals surface area contributed by atoms with Crippen LogP contribution in [0.2, 0.25) is 0 Å². The number of aliphatic hydroxyl groups is 1. The van der Waals surface area contributed by atoms with Gasteiger partial charge in [-0.1, -0.05) is 30.3 Å². The maximum absolute atomic E-state index is 10.7. The maximum atomic E-state index is 10.7. The van der Waals surface area contributed by atoms with Crippen LogP contribution >= 0.6 is 0 Å². The highest BCUT2D eigenvalue weighted by molar-refractivity contribution is 5.66. The Labute approximate surface area is 89.7 Å². The lowest BCUT2D eigenvalue weighted by molar-refractivity contribution is -0.176. The van der Waals surface area contributed by atoms with E-state index in [-0.39, 0.29) is 0 Å². The Bertz CT molecular complexity index is 330. The lowest BCUT2D eigenvalue weighted by Crippen LogP contribution is -2.36. The van der Waals surface area contributed by atoms with Crippen molar-refractivity contribution < 1.29 is 14.6 Å². The maximum Gasteiger partial charge on any atom is 0.304 e. The molecule has 82 valence electrons. The standard InChI is InChI=1S/C12H16O3/c1-9(13)15-11(14)12(2,3)10-7-5-4-6-8-10/h4-8,11,14H,1-3H3. The van der Waals surface area contributed by atoms with Gasteiger partial charge in [0.05, 0.1) is 5.41 Å². The molecule has 1 rings (SSSR count). The fourth-order valence-corrected chi connectivity index (χ4v) is 1.31. The van der Waals surface area contributed by atoms with Crippen molar-refractivity contribution in [3.63, 3.8) is 0 Å². The Kier molecular flexibility index (Phi) is 3.48. The topological polar surface area (TPSA) is 46.5 Å². The van der Waals surface area contributed by atoms with Gasteiger partial charge in [0.2, 0.25) is 6.29 Å². The third-order valence-corrected chi connectivity index (χ3v) is 2.41. The minimum Gasteiger partial charge on any atom is -0.435 e. The van der Waals surface area contributed by atoms with Crippen molar-refractivity contribution in [3.05, 3.63) is 35.9 Å². The molecular formula is C12H16O3. The Morgan fingerprint density at radius 3 is 2.33 bits per heavy atom. The third-order valence-electron chi connectivity index (χ3n) is 2.41. The molecule has 0 bridgehead atoms. The summed E-state index contributed by atoms with van der Waals surface area (Å²) in [6.45, 7) is 4.94. The van der Waals surface area contributed by atoms with Gasteiger partial charge in [0.15, 0.2) is 0 Å². The molecule has 0 radical (unpaired) electrons. The van der Waals surface area contributed by atoms with E-state index in [1.807, 2.05) is 44.2 Å². The van der Waals surface area contributed by atoms with E-state index in [0.717, 1.165) is 5.56 Å². The molecule has 1 atom stereocenters. The molecule has 0 aliphatic rings. The number of carbonyl (C=O) groups excluding carboxylic acids is 1. The van der Waals surface area contributed by atoms with Gasteiger partial charge in [0, 0.05) is 6.92 Å². The highest BCUT2D eigenvalue weighted by atomic mass is 16.6. The van der Waals surface area contributed by atoms with Crippen molar-refractivity contribution in [2.24, 2.45) is 0 Å². The van der Waals surface area contributed by atoms with Crippen LogP contribution in [0.15, 0.2) is 30.3 Å². The number of ether oxygens (including phenoxy) is 1. The number of esters is 1. The van der Waals surface area contributed by atoms with Gasteiger partial charge < -0.3 is 9.84 Å². The van der Waals surface area contributed by atoms with E-state index in [1.165, 1.54) is 6.92 Å². The predicted molar refractivity (Wildman–Crippen MR) is 57.2 cm³/mol. The molecule has 1 aromatic carbocycles. The second-order valence-electron chi connectivity index (χ2n) is 4.05. The summed E-state index contributed by atoms with van der Waals surface area (Å²) in [5.74, 6) is -0.480. The van der Waals surface area contributed by atoms with Gasteiger partial charge in [-0.05, 0) is 19.4 Å². The number of rotatable bonds is 3. The quantitative estimate of drug-likeness (QED) is 0.609. The van der Waals surface area contributed by atoms with Crippen LogP contribution in [0.25, 0.3) is 0 Å². The van der Waals surface area contributed by atoms with Gasteiger partial charge in [0.25, 0.3) is 0 Å². The lowest BCUT2D eigenvalue weighted by atomic mass is 9.84. The van der Waals surface area contributed by atoms with Crippen LogP contribution < -0.4 is 0 Å². The Morgan fingerprint density at radius 2 is 1.87 bits per heavy atom. The van der Waals surface area contributed by atoms with E-state index < -0.39 is 17.7 Å². The van der Waals surface area contributed by atoms with Crippen molar-refractivity contribution >= 4 is 5.97 Å². The Morgan fingerprint density at radius 1 is 1.33 bits per heavy atom. The number of benzene rings is 1. The van der Waals surface area contributed by atoms with Crippen molar-refractivity contribution in [1.82, 2.24) is 0 Å². The highest BCUT2D eigenvalue weighted by Crippen LogP contribution is 2.27. The second-order valence-corrected chi connectivity index (χ2v) is 4.05. The first-order valence-electron chi connectivity index (χ1n) is 4.85. The molecule has 1 aromatic rings. The molecular weight excluding hydrogens is 192 g/mol. The van der Waals surface area contributed by atoms with Gasteiger partial charge in [-0.2, -0.15) is 0 Å². The minimum atomic E-state index is -1.13. The fraction of sp³-hybridized carbons (Fsp3) is 0.417. The Balaban J connectivity index is 2.87. The fourth-order valence-electron chi connectivity index (χ4n) is 1.31. The second kappa shape index (κ2) is 4.45. The molecule has 15 heavy (non-hydrogen) atoms. The minimum absolute atomic E-state index is 0.480. The van der Waals surface area contributed by atoms with Crippen molar-refractivity contribution in [2.75, 3.05) is 0 Å². The smallest absolute Gasteiger partial charge is 0.304 e. The number of carbonyl (C=O) groups is 1. The van der Waals surface area contributed by atoms with E-state index in [2.05, 4.69) is 0 Å². The highest BCUT2D eigenvalue weighted by Gasteiger charge is 2.32. The zero-order chi connectivity index (χ0) is 11.5. The van der Waals surface area contributed by atoms with Crippen LogP contribution in [0.1, 0.15) is 26.3 Å². The zero-order valence-corrected chi connectivity index (χ0v) is 9.23. The molecule has 3 nitrogen and oxygen atoms in total. The summed E-state index contributed by atoms with van der Waals surface area (Å²) in [6, 6.07) is 9.46. The van der Waals surface area contributed by atoms with Crippen molar-refractivity contribution in [3.8, 4) is 0 Å². The first kappa shape index (κ1) is 11.7. The lowest BCUT2D eigenvalue weighted by Gasteiger charge is -2.29. The molecule has 0 spiro atoms. The van der Waals surface area contributed by atoms with Gasteiger partial charge in [0.1, 0.15) is 0 Å². The van der Waals surface area contributed by atoms with Crippen molar-refractivity contribution in [1.29, 1.82) is 0 Å². The predicted octanol–water partition coefficient (Wildman–Crippen LogP) is 1.85. The summed E-state index contributed by atoms with van der Waals surface area (Å²) in [5.41, 5.74) is 0.325. The Hall–Kier alpha value is -1.35. The SMILES string of the molecule is CC(=O)OC(O)C(C)(C)c1ccccc1. The molecule has 0 aliphatic carbocycles. The monoisotopic (exact) mass is 208 g/mol. The van der Waals surface area contributed by atoms with Crippen LogP contribution in [0.4, 0.5) is 0 Å². The molecule has 0 amide bonds. The van der Waals surface area contributed by atoms with Gasteiger partial charge in [-0.15, -0.1) is 0 Å². The first-order valence-corrected chi connectivity index (χ1v) is 4.85. The van der Waals surface area contributed by atoms with Crippen LogP contribution in [0.3, 0.4) is 0 Å². The van der Waals surface area contributed by atoms with E-state index >= 15 is 0 Å². The average molecular weight is 208 g/mol. The van der Waals surface area contributed by atoms with Crippen LogP contribution in [0, 0.1) is 0 Å². The molecule has 3 heteroatoms. The van der Waals surface area contributed by atoms with E-state index in [9.17, 15) is 9.90 Å². The van der Waals surface area contributed by atoms with E-state index in [4.69, 9.17) is 4.74 Å². The van der Waals surface area contributed by atoms with Crippen LogP contribution in [-0.4, -0.2) is 17.4 Å². The number of hydrogen-bond acceptors (Lipinski definition) is 3. The molecule has 0 aromatic heterocycles. The summed E-state index contributed by atoms with van der Waals surface area (Å²) in [5, 5.41) is 9.76. The zero-order valence-electron chi connectivity index (χ0n) is 9.23. The molecule has 0 aliphatic heterocycles. The molecule has 0 saturated carbocycles. The molecule has 0 saturated heterocycles. The van der Waals surface area contributed by atoms with Crippen molar-refractivity contribution in [2.45, 2.75) is 32.5 Å². The summed E-state index contributed by atoms with van der Waals surface area (Å²) in [7, 11) is 0.